The largest absolute Gasteiger partial charge is 0.459 e. The Hall–Kier alpha value is -3.20. The predicted molar refractivity (Wildman–Crippen MR) is 106 cm³/mol. The number of hydrogen-bond donors (Lipinski definition) is 4. The molecule has 8 nitrogen and oxygen atoms in total. The van der Waals surface area contributed by atoms with Gasteiger partial charge < -0.3 is 26.1 Å². The van der Waals surface area contributed by atoms with E-state index in [0.717, 1.165) is 5.56 Å². The topological polar surface area (TPSA) is 118 Å². The van der Waals surface area contributed by atoms with E-state index in [0.29, 0.717) is 47.9 Å². The summed E-state index contributed by atoms with van der Waals surface area (Å²) in [7, 11) is 0. The SMILES string of the molecule is CC[C@H](NC(=O)Nc1cnc(NCCN)nc1)c1oc2ccc(F)cc2c1C. The summed E-state index contributed by atoms with van der Waals surface area (Å²) in [5, 5.41) is 9.21. The first-order valence-corrected chi connectivity index (χ1v) is 9.03. The summed E-state index contributed by atoms with van der Waals surface area (Å²) in [4.78, 5) is 20.6. The van der Waals surface area contributed by atoms with E-state index in [1.165, 1.54) is 24.5 Å². The molecular weight excluding hydrogens is 363 g/mol. The fourth-order valence-corrected chi connectivity index (χ4v) is 2.89. The normalized spacial score (nSPS) is 12.0. The maximum atomic E-state index is 13.5. The Morgan fingerprint density at radius 2 is 2.07 bits per heavy atom. The van der Waals surface area contributed by atoms with Crippen LogP contribution in [-0.2, 0) is 0 Å². The van der Waals surface area contributed by atoms with Crippen molar-refractivity contribution in [2.24, 2.45) is 5.73 Å². The lowest BCUT2D eigenvalue weighted by atomic mass is 10.1. The smallest absolute Gasteiger partial charge is 0.319 e. The second-order valence-electron chi connectivity index (χ2n) is 6.30. The average Bonchev–Trinajstić information content (AvgIpc) is 3.01. The Kier molecular flexibility index (Phi) is 6.05. The van der Waals surface area contributed by atoms with Gasteiger partial charge >= 0.3 is 6.03 Å². The minimum absolute atomic E-state index is 0.328. The number of fused-ring (bicyclic) bond motifs is 1. The molecule has 0 saturated heterocycles. The van der Waals surface area contributed by atoms with Crippen LogP contribution in [-0.4, -0.2) is 29.1 Å². The number of nitrogens with one attached hydrogen (secondary N) is 3. The number of aromatic nitrogens is 2. The molecule has 0 aliphatic rings. The Bertz CT molecular complexity index is 957. The molecular formula is C19H23FN6O2. The lowest BCUT2D eigenvalue weighted by Crippen LogP contribution is -2.32. The molecule has 1 aromatic carbocycles. The second kappa shape index (κ2) is 8.66. The number of nitrogens with zero attached hydrogens (tertiary/aromatic N) is 2. The molecule has 148 valence electrons. The molecule has 0 spiro atoms. The molecule has 5 N–H and O–H groups in total. The Morgan fingerprint density at radius 3 is 2.75 bits per heavy atom. The van der Waals surface area contributed by atoms with Gasteiger partial charge in [-0.15, -0.1) is 0 Å². The molecule has 0 saturated carbocycles. The maximum Gasteiger partial charge on any atom is 0.319 e. The van der Waals surface area contributed by atoms with Crippen molar-refractivity contribution in [3.8, 4) is 0 Å². The van der Waals surface area contributed by atoms with Gasteiger partial charge in [0.25, 0.3) is 0 Å². The van der Waals surface area contributed by atoms with Crippen LogP contribution in [0.2, 0.25) is 0 Å². The lowest BCUT2D eigenvalue weighted by molar-refractivity contribution is 0.246. The van der Waals surface area contributed by atoms with E-state index < -0.39 is 6.03 Å². The van der Waals surface area contributed by atoms with Crippen LogP contribution in [0.15, 0.2) is 35.0 Å². The highest BCUT2D eigenvalue weighted by Gasteiger charge is 2.21. The standard InChI is InChI=1S/C19H23FN6O2/c1-3-15(17-11(2)14-8-12(20)4-5-16(14)28-17)26-19(27)25-13-9-23-18(24-10-13)22-7-6-21/h4-5,8-10,15H,3,6-7,21H2,1-2H3,(H,22,23,24)(H2,25,26,27)/t15-/m0/s1. The first kappa shape index (κ1) is 19.6. The summed E-state index contributed by atoms with van der Waals surface area (Å²) in [6.45, 7) is 4.81. The van der Waals surface area contributed by atoms with Gasteiger partial charge in [-0.05, 0) is 31.5 Å². The molecule has 3 aromatic rings. The first-order valence-electron chi connectivity index (χ1n) is 9.03. The van der Waals surface area contributed by atoms with Crippen molar-refractivity contribution in [2.75, 3.05) is 23.7 Å². The lowest BCUT2D eigenvalue weighted by Gasteiger charge is -2.16. The number of benzene rings is 1. The highest BCUT2D eigenvalue weighted by atomic mass is 19.1. The van der Waals surface area contributed by atoms with Crippen LogP contribution < -0.4 is 21.7 Å². The predicted octanol–water partition coefficient (Wildman–Crippen LogP) is 3.31. The number of urea groups is 1. The maximum absolute atomic E-state index is 13.5. The van der Waals surface area contributed by atoms with E-state index in [2.05, 4.69) is 25.9 Å². The number of nitrogens with two attached hydrogens (primary N) is 1. The molecule has 0 fully saturated rings. The van der Waals surface area contributed by atoms with Gasteiger partial charge in [0, 0.05) is 24.0 Å². The van der Waals surface area contributed by atoms with Gasteiger partial charge in [-0.2, -0.15) is 0 Å². The van der Waals surface area contributed by atoms with Gasteiger partial charge in [-0.3, -0.25) is 0 Å². The number of furan rings is 1. The quantitative estimate of drug-likeness (QED) is 0.495. The molecule has 0 aliphatic heterocycles. The fraction of sp³-hybridized carbons (Fsp3) is 0.316. The number of anilines is 2. The fourth-order valence-electron chi connectivity index (χ4n) is 2.89. The molecule has 0 radical (unpaired) electrons. The van der Waals surface area contributed by atoms with Gasteiger partial charge in [0.1, 0.15) is 17.2 Å². The van der Waals surface area contributed by atoms with Crippen molar-refractivity contribution in [2.45, 2.75) is 26.3 Å². The molecule has 9 heteroatoms. The van der Waals surface area contributed by atoms with Gasteiger partial charge in [-0.25, -0.2) is 19.2 Å². The molecule has 0 aliphatic carbocycles. The molecule has 2 heterocycles. The van der Waals surface area contributed by atoms with Crippen molar-refractivity contribution in [3.63, 3.8) is 0 Å². The van der Waals surface area contributed by atoms with Gasteiger partial charge in [0.2, 0.25) is 5.95 Å². The van der Waals surface area contributed by atoms with Crippen LogP contribution >= 0.6 is 0 Å². The molecule has 2 amide bonds. The molecule has 2 aromatic heterocycles. The van der Waals surface area contributed by atoms with Crippen molar-refractivity contribution in [1.29, 1.82) is 0 Å². The molecule has 0 unspecified atom stereocenters. The molecule has 0 bridgehead atoms. The van der Waals surface area contributed by atoms with Crippen molar-refractivity contribution in [3.05, 3.63) is 47.7 Å². The number of amides is 2. The second-order valence-corrected chi connectivity index (χ2v) is 6.30. The summed E-state index contributed by atoms with van der Waals surface area (Å²) in [5.74, 6) is 0.718. The van der Waals surface area contributed by atoms with E-state index in [-0.39, 0.29) is 11.9 Å². The summed E-state index contributed by atoms with van der Waals surface area (Å²) < 4.78 is 19.4. The van der Waals surface area contributed by atoms with Gasteiger partial charge in [-0.1, -0.05) is 6.92 Å². The average molecular weight is 386 g/mol. The highest BCUT2D eigenvalue weighted by Crippen LogP contribution is 2.31. The molecule has 3 rings (SSSR count). The van der Waals surface area contributed by atoms with E-state index in [1.807, 2.05) is 13.8 Å². The number of aryl methyl sites for hydroxylation is 1. The van der Waals surface area contributed by atoms with Crippen LogP contribution in [0, 0.1) is 12.7 Å². The Morgan fingerprint density at radius 1 is 1.32 bits per heavy atom. The number of rotatable bonds is 7. The van der Waals surface area contributed by atoms with Crippen LogP contribution in [0.3, 0.4) is 0 Å². The van der Waals surface area contributed by atoms with Crippen molar-refractivity contribution >= 4 is 28.6 Å². The zero-order valence-corrected chi connectivity index (χ0v) is 15.8. The first-order chi connectivity index (χ1) is 13.5. The number of carbonyl (C=O) groups is 1. The number of carbonyl (C=O) groups excluding carboxylic acids is 1. The third kappa shape index (κ3) is 4.37. The Balaban J connectivity index is 1.69. The summed E-state index contributed by atoms with van der Waals surface area (Å²) >= 11 is 0. The van der Waals surface area contributed by atoms with Crippen LogP contribution in [0.1, 0.15) is 30.7 Å². The van der Waals surface area contributed by atoms with Gasteiger partial charge in [0.15, 0.2) is 0 Å². The minimum Gasteiger partial charge on any atom is -0.459 e. The van der Waals surface area contributed by atoms with E-state index in [4.69, 9.17) is 10.2 Å². The van der Waals surface area contributed by atoms with Crippen LogP contribution in [0.4, 0.5) is 20.8 Å². The van der Waals surface area contributed by atoms with Crippen LogP contribution in [0.5, 0.6) is 0 Å². The number of hydrogen-bond acceptors (Lipinski definition) is 6. The van der Waals surface area contributed by atoms with Crippen molar-refractivity contribution in [1.82, 2.24) is 15.3 Å². The van der Waals surface area contributed by atoms with Crippen LogP contribution in [0.25, 0.3) is 11.0 Å². The summed E-state index contributed by atoms with van der Waals surface area (Å²) in [6.07, 6.45) is 3.61. The van der Waals surface area contributed by atoms with E-state index >= 15 is 0 Å². The molecule has 1 atom stereocenters. The minimum atomic E-state index is -0.413. The summed E-state index contributed by atoms with van der Waals surface area (Å²) in [6, 6.07) is 3.60. The van der Waals surface area contributed by atoms with E-state index in [1.54, 1.807) is 6.07 Å². The zero-order valence-electron chi connectivity index (χ0n) is 15.8. The van der Waals surface area contributed by atoms with E-state index in [9.17, 15) is 9.18 Å². The Labute approximate surface area is 161 Å². The third-order valence-corrected chi connectivity index (χ3v) is 4.30. The molecule has 28 heavy (non-hydrogen) atoms. The highest BCUT2D eigenvalue weighted by molar-refractivity contribution is 5.89. The monoisotopic (exact) mass is 386 g/mol. The van der Waals surface area contributed by atoms with Gasteiger partial charge in [0.05, 0.1) is 24.1 Å². The zero-order chi connectivity index (χ0) is 20.1. The van der Waals surface area contributed by atoms with Crippen molar-refractivity contribution < 1.29 is 13.6 Å². The number of halogens is 1. The summed E-state index contributed by atoms with van der Waals surface area (Å²) in [5.41, 5.74) is 7.26. The third-order valence-electron chi connectivity index (χ3n) is 4.30.